The molecule has 128 valence electrons. The second-order valence-corrected chi connectivity index (χ2v) is 6.34. The van der Waals surface area contributed by atoms with Gasteiger partial charge in [0.1, 0.15) is 0 Å². The molecule has 2 aromatic carbocycles. The molecule has 0 saturated carbocycles. The van der Waals surface area contributed by atoms with Crippen molar-refractivity contribution >= 4 is 28.4 Å². The Morgan fingerprint density at radius 2 is 1.76 bits per heavy atom. The first-order valence-electron chi connectivity index (χ1n) is 8.24. The van der Waals surface area contributed by atoms with Crippen LogP contribution < -0.4 is 11.1 Å². The van der Waals surface area contributed by atoms with Crippen LogP contribution in [-0.2, 0) is 11.2 Å². The van der Waals surface area contributed by atoms with E-state index in [0.29, 0.717) is 17.3 Å². The Kier molecular flexibility index (Phi) is 4.57. The van der Waals surface area contributed by atoms with E-state index < -0.39 is 5.91 Å². The van der Waals surface area contributed by atoms with E-state index in [0.717, 1.165) is 16.5 Å². The number of para-hydroxylation sites is 1. The van der Waals surface area contributed by atoms with Crippen LogP contribution in [0, 0.1) is 0 Å². The highest BCUT2D eigenvalue weighted by atomic mass is 16.2. The molecule has 2 amide bonds. The molecule has 0 atom stereocenters. The molecule has 0 radical (unpaired) electrons. The smallest absolute Gasteiger partial charge is 0.248 e. The van der Waals surface area contributed by atoms with Gasteiger partial charge in [-0.1, -0.05) is 18.2 Å². The first-order valence-corrected chi connectivity index (χ1v) is 8.24. The van der Waals surface area contributed by atoms with Gasteiger partial charge in [-0.05, 0) is 49.7 Å². The van der Waals surface area contributed by atoms with E-state index in [9.17, 15) is 9.59 Å². The highest BCUT2D eigenvalue weighted by Crippen LogP contribution is 2.25. The van der Waals surface area contributed by atoms with E-state index in [1.165, 1.54) is 0 Å². The number of hydrogen-bond acceptors (Lipinski definition) is 2. The van der Waals surface area contributed by atoms with Crippen LogP contribution in [-0.4, -0.2) is 16.4 Å². The summed E-state index contributed by atoms with van der Waals surface area (Å²) in [5.74, 6) is -0.585. The van der Waals surface area contributed by atoms with Crippen LogP contribution in [0.15, 0.2) is 54.7 Å². The van der Waals surface area contributed by atoms with Crippen LogP contribution in [0.4, 0.5) is 5.69 Å². The standard InChI is InChI=1S/C20H21N3O2/c1-13(2)23-12-15(17-5-3-4-6-18(17)23)11-19(24)22-16-9-7-14(8-10-16)20(21)25/h3-10,12-13H,11H2,1-2H3,(H2,21,25)(H,22,24). The Labute approximate surface area is 146 Å². The van der Waals surface area contributed by atoms with Crippen molar-refractivity contribution in [3.63, 3.8) is 0 Å². The highest BCUT2D eigenvalue weighted by Gasteiger charge is 2.13. The first-order chi connectivity index (χ1) is 12.0. The maximum atomic E-state index is 12.4. The molecule has 0 saturated heterocycles. The number of nitrogens with zero attached hydrogens (tertiary/aromatic N) is 1. The van der Waals surface area contributed by atoms with Crippen molar-refractivity contribution in [2.75, 3.05) is 5.32 Å². The molecule has 5 nitrogen and oxygen atoms in total. The van der Waals surface area contributed by atoms with Crippen LogP contribution >= 0.6 is 0 Å². The van der Waals surface area contributed by atoms with Crippen molar-refractivity contribution in [2.24, 2.45) is 5.73 Å². The summed E-state index contributed by atoms with van der Waals surface area (Å²) >= 11 is 0. The summed E-state index contributed by atoms with van der Waals surface area (Å²) in [6.45, 7) is 4.24. The quantitative estimate of drug-likeness (QED) is 0.748. The minimum Gasteiger partial charge on any atom is -0.366 e. The van der Waals surface area contributed by atoms with Crippen LogP contribution in [0.25, 0.3) is 10.9 Å². The minimum atomic E-state index is -0.487. The predicted molar refractivity (Wildman–Crippen MR) is 99.6 cm³/mol. The molecule has 3 rings (SSSR count). The van der Waals surface area contributed by atoms with E-state index in [2.05, 4.69) is 29.8 Å². The van der Waals surface area contributed by atoms with Gasteiger partial charge in [0.25, 0.3) is 0 Å². The molecule has 0 aliphatic heterocycles. The SMILES string of the molecule is CC(C)n1cc(CC(=O)Nc2ccc(C(N)=O)cc2)c2ccccc21. The first kappa shape index (κ1) is 16.8. The Morgan fingerprint density at radius 3 is 2.40 bits per heavy atom. The van der Waals surface area contributed by atoms with Crippen molar-refractivity contribution in [1.82, 2.24) is 4.57 Å². The Morgan fingerprint density at radius 1 is 1.08 bits per heavy atom. The molecule has 3 aromatic rings. The third-order valence-corrected chi connectivity index (χ3v) is 4.18. The maximum Gasteiger partial charge on any atom is 0.248 e. The largest absolute Gasteiger partial charge is 0.366 e. The summed E-state index contributed by atoms with van der Waals surface area (Å²) in [6, 6.07) is 15.0. The molecule has 25 heavy (non-hydrogen) atoms. The fourth-order valence-corrected chi connectivity index (χ4v) is 2.94. The molecule has 3 N–H and O–H groups in total. The lowest BCUT2D eigenvalue weighted by Crippen LogP contribution is -2.15. The van der Waals surface area contributed by atoms with E-state index in [1.807, 2.05) is 24.4 Å². The van der Waals surface area contributed by atoms with Gasteiger partial charge in [-0.3, -0.25) is 9.59 Å². The zero-order chi connectivity index (χ0) is 18.0. The van der Waals surface area contributed by atoms with Crippen LogP contribution in [0.2, 0.25) is 0 Å². The zero-order valence-electron chi connectivity index (χ0n) is 14.3. The van der Waals surface area contributed by atoms with E-state index in [1.54, 1.807) is 24.3 Å². The Hall–Kier alpha value is -3.08. The molecule has 0 bridgehead atoms. The van der Waals surface area contributed by atoms with Crippen LogP contribution in [0.3, 0.4) is 0 Å². The van der Waals surface area contributed by atoms with Gasteiger partial charge in [-0.2, -0.15) is 0 Å². The third kappa shape index (κ3) is 3.55. The number of carbonyl (C=O) groups excluding carboxylic acids is 2. The molecule has 0 aliphatic rings. The van der Waals surface area contributed by atoms with Gasteiger partial charge in [-0.25, -0.2) is 0 Å². The number of primary amides is 1. The summed E-state index contributed by atoms with van der Waals surface area (Å²) in [7, 11) is 0. The monoisotopic (exact) mass is 335 g/mol. The normalized spacial score (nSPS) is 11.0. The lowest BCUT2D eigenvalue weighted by molar-refractivity contribution is -0.115. The number of nitrogens with one attached hydrogen (secondary N) is 1. The van der Waals surface area contributed by atoms with Gasteiger partial charge >= 0.3 is 0 Å². The number of amides is 2. The fraction of sp³-hybridized carbons (Fsp3) is 0.200. The molecule has 0 aliphatic carbocycles. The summed E-state index contributed by atoms with van der Waals surface area (Å²) in [5, 5.41) is 3.95. The molecular weight excluding hydrogens is 314 g/mol. The van der Waals surface area contributed by atoms with Crippen molar-refractivity contribution in [2.45, 2.75) is 26.3 Å². The minimum absolute atomic E-state index is 0.0986. The number of nitrogens with two attached hydrogens (primary N) is 1. The number of anilines is 1. The maximum absolute atomic E-state index is 12.4. The van der Waals surface area contributed by atoms with Crippen LogP contribution in [0.5, 0.6) is 0 Å². The topological polar surface area (TPSA) is 77.1 Å². The lowest BCUT2D eigenvalue weighted by atomic mass is 10.1. The van der Waals surface area contributed by atoms with E-state index in [-0.39, 0.29) is 12.3 Å². The van der Waals surface area contributed by atoms with Gasteiger partial charge in [-0.15, -0.1) is 0 Å². The molecule has 0 unspecified atom stereocenters. The van der Waals surface area contributed by atoms with Crippen molar-refractivity contribution in [3.05, 3.63) is 65.9 Å². The summed E-state index contributed by atoms with van der Waals surface area (Å²) < 4.78 is 2.18. The molecule has 5 heteroatoms. The summed E-state index contributed by atoms with van der Waals surface area (Å²) in [4.78, 5) is 23.5. The van der Waals surface area contributed by atoms with Gasteiger partial charge in [0.15, 0.2) is 0 Å². The van der Waals surface area contributed by atoms with Gasteiger partial charge in [0.2, 0.25) is 11.8 Å². The van der Waals surface area contributed by atoms with Gasteiger partial charge < -0.3 is 15.6 Å². The lowest BCUT2D eigenvalue weighted by Gasteiger charge is -2.08. The van der Waals surface area contributed by atoms with E-state index in [4.69, 9.17) is 5.73 Å². The van der Waals surface area contributed by atoms with Gasteiger partial charge in [0.05, 0.1) is 6.42 Å². The Balaban J connectivity index is 1.79. The number of benzene rings is 2. The highest BCUT2D eigenvalue weighted by molar-refractivity contribution is 5.97. The average molecular weight is 335 g/mol. The molecular formula is C20H21N3O2. The second-order valence-electron chi connectivity index (χ2n) is 6.34. The number of fused-ring (bicyclic) bond motifs is 1. The summed E-state index contributed by atoms with van der Waals surface area (Å²) in [5.41, 5.74) is 8.40. The number of carbonyl (C=O) groups is 2. The molecule has 0 spiro atoms. The molecule has 1 aromatic heterocycles. The average Bonchev–Trinajstić information content (AvgIpc) is 2.94. The third-order valence-electron chi connectivity index (χ3n) is 4.18. The van der Waals surface area contributed by atoms with Gasteiger partial charge in [0, 0.05) is 34.4 Å². The predicted octanol–water partition coefficient (Wildman–Crippen LogP) is 3.50. The fourth-order valence-electron chi connectivity index (χ4n) is 2.94. The molecule has 0 fully saturated rings. The zero-order valence-corrected chi connectivity index (χ0v) is 14.3. The number of hydrogen-bond donors (Lipinski definition) is 2. The number of rotatable bonds is 5. The molecule has 1 heterocycles. The van der Waals surface area contributed by atoms with Crippen molar-refractivity contribution in [3.8, 4) is 0 Å². The van der Waals surface area contributed by atoms with E-state index >= 15 is 0 Å². The Bertz CT molecular complexity index is 924. The van der Waals surface area contributed by atoms with Crippen molar-refractivity contribution < 1.29 is 9.59 Å². The van der Waals surface area contributed by atoms with Crippen LogP contribution in [0.1, 0.15) is 35.8 Å². The van der Waals surface area contributed by atoms with Crippen molar-refractivity contribution in [1.29, 1.82) is 0 Å². The number of aromatic nitrogens is 1. The summed E-state index contributed by atoms with van der Waals surface area (Å²) in [6.07, 6.45) is 2.34. The second kappa shape index (κ2) is 6.81.